The van der Waals surface area contributed by atoms with Gasteiger partial charge in [-0.2, -0.15) is 0 Å². The highest BCUT2D eigenvalue weighted by Crippen LogP contribution is 2.11. The number of rotatable bonds is 45. The molecule has 0 aliphatic rings. The molecule has 0 N–H and O–H groups in total. The van der Waals surface area contributed by atoms with Crippen molar-refractivity contribution in [1.29, 1.82) is 0 Å². The fourth-order valence-electron chi connectivity index (χ4n) is 6.36. The number of ether oxygens (including phenoxy) is 3. The van der Waals surface area contributed by atoms with Crippen molar-refractivity contribution in [3.05, 3.63) is 170 Å². The fraction of sp³-hybridized carbons (Fsp3) is 0.508. The van der Waals surface area contributed by atoms with E-state index in [1.165, 1.54) is 0 Å². The molecule has 6 heteroatoms. The van der Waals surface area contributed by atoms with Crippen LogP contribution >= 0.6 is 0 Å². The topological polar surface area (TPSA) is 78.9 Å². The SMILES string of the molecule is CC/C=C\C/C=C\C/C=C\C/C=C\C/C=C\CCCCCCCC(=O)OCC(COC(=O)CCCC/C=C\C/C=C\C/C=C\C/C=C\CC)OC(=O)C/C=C\C/C=C\C/C=C\C/C=C\C/C=C\CC. The molecule has 6 nitrogen and oxygen atoms in total. The molecule has 0 saturated carbocycles. The Morgan fingerprint density at radius 3 is 0.913 bits per heavy atom. The van der Waals surface area contributed by atoms with Crippen molar-refractivity contribution >= 4 is 17.9 Å². The number of allylic oxidation sites excluding steroid dienone is 27. The van der Waals surface area contributed by atoms with Gasteiger partial charge in [0.1, 0.15) is 13.2 Å². The number of esters is 3. The summed E-state index contributed by atoms with van der Waals surface area (Å²) in [7, 11) is 0. The lowest BCUT2D eigenvalue weighted by Gasteiger charge is -2.18. The van der Waals surface area contributed by atoms with Gasteiger partial charge < -0.3 is 14.2 Å². The molecule has 0 rings (SSSR count). The van der Waals surface area contributed by atoms with Crippen LogP contribution in [0.3, 0.4) is 0 Å². The first-order valence-corrected chi connectivity index (χ1v) is 26.6. The van der Waals surface area contributed by atoms with E-state index >= 15 is 0 Å². The molecule has 0 spiro atoms. The highest BCUT2D eigenvalue weighted by molar-refractivity contribution is 5.72. The van der Waals surface area contributed by atoms with Gasteiger partial charge in [0.2, 0.25) is 0 Å². The average Bonchev–Trinajstić information content (AvgIpc) is 3.35. The van der Waals surface area contributed by atoms with Crippen molar-refractivity contribution < 1.29 is 28.6 Å². The molecule has 0 aliphatic carbocycles. The van der Waals surface area contributed by atoms with Gasteiger partial charge in [-0.1, -0.05) is 210 Å². The van der Waals surface area contributed by atoms with E-state index in [-0.39, 0.29) is 38.0 Å². The summed E-state index contributed by atoms with van der Waals surface area (Å²) in [6.07, 6.45) is 82.2. The Labute approximate surface area is 422 Å². The summed E-state index contributed by atoms with van der Waals surface area (Å²) in [4.78, 5) is 38.0. The van der Waals surface area contributed by atoms with Crippen LogP contribution in [0, 0.1) is 0 Å². The smallest absolute Gasteiger partial charge is 0.310 e. The van der Waals surface area contributed by atoms with Crippen molar-refractivity contribution in [1.82, 2.24) is 0 Å². The average molecular weight is 947 g/mol. The third kappa shape index (κ3) is 53.6. The van der Waals surface area contributed by atoms with Crippen LogP contribution in [-0.4, -0.2) is 37.2 Å². The van der Waals surface area contributed by atoms with Gasteiger partial charge in [-0.25, -0.2) is 0 Å². The zero-order valence-electron chi connectivity index (χ0n) is 43.5. The molecule has 0 aliphatic heterocycles. The van der Waals surface area contributed by atoms with Crippen LogP contribution in [-0.2, 0) is 28.6 Å². The van der Waals surface area contributed by atoms with Gasteiger partial charge in [0.05, 0.1) is 6.42 Å². The lowest BCUT2D eigenvalue weighted by atomic mass is 10.1. The van der Waals surface area contributed by atoms with Crippen molar-refractivity contribution in [3.8, 4) is 0 Å². The Morgan fingerprint density at radius 2 is 0.565 bits per heavy atom. The highest BCUT2D eigenvalue weighted by Gasteiger charge is 2.19. The molecule has 0 aromatic heterocycles. The van der Waals surface area contributed by atoms with E-state index in [1.807, 2.05) is 6.08 Å². The molecular formula is C63H94O6. The number of unbranched alkanes of at least 4 members (excludes halogenated alkanes) is 7. The maximum absolute atomic E-state index is 12.8. The Bertz CT molecular complexity index is 1650. The summed E-state index contributed by atoms with van der Waals surface area (Å²) in [6, 6.07) is 0. The molecule has 0 bridgehead atoms. The monoisotopic (exact) mass is 947 g/mol. The Morgan fingerprint density at radius 1 is 0.304 bits per heavy atom. The summed E-state index contributed by atoms with van der Waals surface area (Å²) in [5.41, 5.74) is 0. The predicted molar refractivity (Wildman–Crippen MR) is 297 cm³/mol. The first-order chi connectivity index (χ1) is 34.0. The van der Waals surface area contributed by atoms with Crippen LogP contribution in [0.4, 0.5) is 0 Å². The summed E-state index contributed by atoms with van der Waals surface area (Å²) in [5, 5.41) is 0. The maximum atomic E-state index is 12.8. The quantitative estimate of drug-likeness (QED) is 0.0262. The maximum Gasteiger partial charge on any atom is 0.310 e. The van der Waals surface area contributed by atoms with Gasteiger partial charge in [-0.05, 0) is 128 Å². The Kier molecular flexibility index (Phi) is 51.2. The van der Waals surface area contributed by atoms with E-state index in [1.54, 1.807) is 6.08 Å². The van der Waals surface area contributed by atoms with E-state index in [4.69, 9.17) is 14.2 Å². The second kappa shape index (κ2) is 55.4. The van der Waals surface area contributed by atoms with E-state index in [0.717, 1.165) is 135 Å². The zero-order chi connectivity index (χ0) is 50.0. The molecule has 69 heavy (non-hydrogen) atoms. The normalized spacial score (nSPS) is 13.5. The molecule has 0 saturated heterocycles. The van der Waals surface area contributed by atoms with Crippen LogP contribution in [0.2, 0.25) is 0 Å². The molecule has 0 fully saturated rings. The van der Waals surface area contributed by atoms with Crippen LogP contribution in [0.5, 0.6) is 0 Å². The van der Waals surface area contributed by atoms with Crippen molar-refractivity contribution in [2.24, 2.45) is 0 Å². The lowest BCUT2D eigenvalue weighted by Crippen LogP contribution is -2.30. The lowest BCUT2D eigenvalue weighted by molar-refractivity contribution is -0.166. The summed E-state index contributed by atoms with van der Waals surface area (Å²) in [6.45, 7) is 6.13. The minimum absolute atomic E-state index is 0.0737. The minimum Gasteiger partial charge on any atom is -0.462 e. The van der Waals surface area contributed by atoms with E-state index < -0.39 is 12.1 Å². The molecule has 1 atom stereocenters. The second-order valence-electron chi connectivity index (χ2n) is 16.7. The Hall–Kier alpha value is -5.23. The van der Waals surface area contributed by atoms with Crippen LogP contribution in [0.1, 0.15) is 188 Å². The zero-order valence-corrected chi connectivity index (χ0v) is 43.5. The number of hydrogen-bond acceptors (Lipinski definition) is 6. The summed E-state index contributed by atoms with van der Waals surface area (Å²) in [5.74, 6) is -1.16. The second-order valence-corrected chi connectivity index (χ2v) is 16.7. The number of carbonyl (C=O) groups is 3. The van der Waals surface area contributed by atoms with Gasteiger partial charge >= 0.3 is 17.9 Å². The first-order valence-electron chi connectivity index (χ1n) is 26.6. The third-order valence-electron chi connectivity index (χ3n) is 10.2. The van der Waals surface area contributed by atoms with Gasteiger partial charge in [-0.15, -0.1) is 0 Å². The molecule has 0 amide bonds. The van der Waals surface area contributed by atoms with Crippen LogP contribution < -0.4 is 0 Å². The largest absolute Gasteiger partial charge is 0.462 e. The molecular weight excluding hydrogens is 853 g/mol. The molecule has 382 valence electrons. The van der Waals surface area contributed by atoms with E-state index in [2.05, 4.69) is 179 Å². The van der Waals surface area contributed by atoms with Crippen molar-refractivity contribution in [3.63, 3.8) is 0 Å². The van der Waals surface area contributed by atoms with E-state index in [0.29, 0.717) is 19.3 Å². The molecule has 1 unspecified atom stereocenters. The van der Waals surface area contributed by atoms with Gasteiger partial charge in [0, 0.05) is 12.8 Å². The van der Waals surface area contributed by atoms with Gasteiger partial charge in [0.25, 0.3) is 0 Å². The molecule has 0 aromatic carbocycles. The standard InChI is InChI=1S/C63H94O6/c1-4-7-10-13-16-19-22-25-28-29-30-31-32-33-36-38-41-44-47-50-53-56-62(65)68-59-60(69-63(66)57-54-51-48-45-42-39-35-27-24-21-18-15-12-9-6-3)58-67-61(64)55-52-49-46-43-40-37-34-26-23-20-17-14-11-8-5-2/h7-12,16-21,25-28,30-31,33-36,40,42-43,45,51,54,60H,4-6,13-15,22-24,29,32,37-39,41,44,46-50,52-53,55-59H2,1-3H3/b10-7-,11-8-,12-9-,19-16-,20-17-,21-18-,28-25-,31-30-,34-26-,35-27-,36-33-,43-40-,45-42-,54-51-. The third-order valence-corrected chi connectivity index (χ3v) is 10.2. The van der Waals surface area contributed by atoms with Crippen molar-refractivity contribution in [2.45, 2.75) is 194 Å². The first kappa shape index (κ1) is 63.8. The van der Waals surface area contributed by atoms with Crippen LogP contribution in [0.15, 0.2) is 170 Å². The number of carbonyl (C=O) groups excluding carboxylic acids is 3. The fourth-order valence-corrected chi connectivity index (χ4v) is 6.36. The molecule has 0 heterocycles. The predicted octanol–water partition coefficient (Wildman–Crippen LogP) is 18.0. The van der Waals surface area contributed by atoms with Gasteiger partial charge in [-0.3, -0.25) is 14.4 Å². The van der Waals surface area contributed by atoms with E-state index in [9.17, 15) is 14.4 Å². The van der Waals surface area contributed by atoms with Crippen LogP contribution in [0.25, 0.3) is 0 Å². The number of hydrogen-bond donors (Lipinski definition) is 0. The Balaban J connectivity index is 4.61. The van der Waals surface area contributed by atoms with Crippen molar-refractivity contribution in [2.75, 3.05) is 13.2 Å². The summed E-state index contributed by atoms with van der Waals surface area (Å²) < 4.78 is 16.6. The minimum atomic E-state index is -0.867. The van der Waals surface area contributed by atoms with Gasteiger partial charge in [0.15, 0.2) is 6.10 Å². The molecule has 0 aromatic rings. The molecule has 0 radical (unpaired) electrons. The summed E-state index contributed by atoms with van der Waals surface area (Å²) >= 11 is 0. The highest BCUT2D eigenvalue weighted by atomic mass is 16.6.